The lowest BCUT2D eigenvalue weighted by molar-refractivity contribution is 1.29. The number of hydrogen-bond donors (Lipinski definition) is 0. The minimum atomic E-state index is 1.04. The Bertz CT molecular complexity index is 295. The first-order valence-corrected chi connectivity index (χ1v) is 4.72. The largest absolute Gasteiger partial charge is 0.246 e. The molecule has 0 saturated heterocycles. The van der Waals surface area contributed by atoms with Gasteiger partial charge in [-0.05, 0) is 32.4 Å². The van der Waals surface area contributed by atoms with Gasteiger partial charge in [0.1, 0.15) is 0 Å². The van der Waals surface area contributed by atoms with Crippen molar-refractivity contribution in [3.05, 3.63) is 34.9 Å². The molecule has 0 unspecified atom stereocenters. The highest BCUT2D eigenvalue weighted by Crippen LogP contribution is 2.31. The van der Waals surface area contributed by atoms with Crippen LogP contribution in [0.15, 0.2) is 39.9 Å². The Balaban J connectivity index is 3.08. The Kier molecular flexibility index (Phi) is 2.93. The van der Waals surface area contributed by atoms with Gasteiger partial charge in [-0.15, -0.1) is 0 Å². The van der Waals surface area contributed by atoms with Crippen molar-refractivity contribution in [2.24, 2.45) is 4.99 Å². The zero-order valence-electron chi connectivity index (χ0n) is 7.72. The van der Waals surface area contributed by atoms with Crippen LogP contribution in [0.25, 0.3) is 0 Å². The maximum atomic E-state index is 4.42. The lowest BCUT2D eigenvalue weighted by Crippen LogP contribution is -1.97. The molecule has 2 heteroatoms. The van der Waals surface area contributed by atoms with E-state index in [2.05, 4.69) is 18.5 Å². The minimum absolute atomic E-state index is 1.04. The first-order valence-electron chi connectivity index (χ1n) is 3.91. The molecule has 12 heavy (non-hydrogen) atoms. The smallest absolute Gasteiger partial charge is 0.0755 e. The third kappa shape index (κ3) is 1.89. The molecule has 1 rings (SSSR count). The van der Waals surface area contributed by atoms with Gasteiger partial charge in [0.25, 0.3) is 0 Å². The van der Waals surface area contributed by atoms with Crippen LogP contribution < -0.4 is 0 Å². The van der Waals surface area contributed by atoms with Gasteiger partial charge in [0.05, 0.1) is 10.7 Å². The highest BCUT2D eigenvalue weighted by molar-refractivity contribution is 8.17. The van der Waals surface area contributed by atoms with Crippen molar-refractivity contribution < 1.29 is 0 Å². The summed E-state index contributed by atoms with van der Waals surface area (Å²) in [6.45, 7) is 10.0. The predicted molar refractivity (Wildman–Crippen MR) is 57.4 cm³/mol. The van der Waals surface area contributed by atoms with E-state index in [1.54, 1.807) is 11.8 Å². The third-order valence-corrected chi connectivity index (χ3v) is 2.62. The lowest BCUT2D eigenvalue weighted by Gasteiger charge is -2.13. The van der Waals surface area contributed by atoms with Crippen LogP contribution in [0.3, 0.4) is 0 Å². The van der Waals surface area contributed by atoms with Crippen LogP contribution in [-0.4, -0.2) is 5.04 Å². The van der Waals surface area contributed by atoms with Crippen LogP contribution in [0.1, 0.15) is 20.8 Å². The van der Waals surface area contributed by atoms with Crippen LogP contribution in [-0.2, 0) is 0 Å². The Morgan fingerprint density at radius 1 is 1.42 bits per heavy atom. The van der Waals surface area contributed by atoms with Gasteiger partial charge < -0.3 is 0 Å². The summed E-state index contributed by atoms with van der Waals surface area (Å²) in [4.78, 5) is 5.52. The van der Waals surface area contributed by atoms with E-state index in [4.69, 9.17) is 0 Å². The molecule has 0 saturated carbocycles. The summed E-state index contributed by atoms with van der Waals surface area (Å²) in [5, 5.41) is 1.07. The summed E-state index contributed by atoms with van der Waals surface area (Å²) < 4.78 is 0. The molecule has 0 aromatic rings. The average molecular weight is 179 g/mol. The zero-order chi connectivity index (χ0) is 9.14. The summed E-state index contributed by atoms with van der Waals surface area (Å²) in [5.74, 6) is 0. The number of rotatable bonds is 1. The molecule has 1 aliphatic rings. The van der Waals surface area contributed by atoms with Crippen LogP contribution in [0.5, 0.6) is 0 Å². The zero-order valence-corrected chi connectivity index (χ0v) is 8.53. The van der Waals surface area contributed by atoms with E-state index in [-0.39, 0.29) is 0 Å². The van der Waals surface area contributed by atoms with Crippen LogP contribution in [0, 0.1) is 0 Å². The monoisotopic (exact) mass is 179 g/mol. The van der Waals surface area contributed by atoms with Crippen molar-refractivity contribution in [2.75, 3.05) is 0 Å². The van der Waals surface area contributed by atoms with E-state index in [0.717, 1.165) is 15.6 Å². The van der Waals surface area contributed by atoms with E-state index < -0.39 is 0 Å². The van der Waals surface area contributed by atoms with Gasteiger partial charge in [0, 0.05) is 4.91 Å². The minimum Gasteiger partial charge on any atom is -0.246 e. The number of hydrogen-bond acceptors (Lipinski definition) is 2. The quantitative estimate of drug-likeness (QED) is 0.600. The van der Waals surface area contributed by atoms with Gasteiger partial charge in [0.15, 0.2) is 0 Å². The van der Waals surface area contributed by atoms with Crippen LogP contribution >= 0.6 is 11.8 Å². The molecule has 0 aromatic carbocycles. The van der Waals surface area contributed by atoms with Gasteiger partial charge in [0.2, 0.25) is 0 Å². The number of nitrogens with zero attached hydrogens (tertiary/aromatic N) is 1. The second kappa shape index (κ2) is 3.76. The second-order valence-corrected chi connectivity index (χ2v) is 3.95. The van der Waals surface area contributed by atoms with Crippen LogP contribution in [0.4, 0.5) is 0 Å². The molecule has 0 spiro atoms. The molecule has 1 nitrogen and oxygen atoms in total. The molecule has 0 aromatic heterocycles. The Labute approximate surface area is 78.0 Å². The predicted octanol–water partition coefficient (Wildman–Crippen LogP) is 3.52. The first-order chi connectivity index (χ1) is 5.65. The fourth-order valence-corrected chi connectivity index (χ4v) is 1.75. The van der Waals surface area contributed by atoms with Gasteiger partial charge in [-0.1, -0.05) is 24.4 Å². The Morgan fingerprint density at radius 3 is 2.67 bits per heavy atom. The number of aliphatic imine (C=N–C) groups is 1. The SMILES string of the molecule is C=C1SC(C)=NC(/C=C\C)=C1C. The third-order valence-electron chi connectivity index (χ3n) is 1.68. The molecular weight excluding hydrogens is 166 g/mol. The van der Waals surface area contributed by atoms with Crippen molar-refractivity contribution in [3.8, 4) is 0 Å². The summed E-state index contributed by atoms with van der Waals surface area (Å²) >= 11 is 1.64. The van der Waals surface area contributed by atoms with Gasteiger partial charge in [-0.3, -0.25) is 0 Å². The van der Waals surface area contributed by atoms with E-state index in [1.165, 1.54) is 5.57 Å². The van der Waals surface area contributed by atoms with Crippen molar-refractivity contribution in [1.82, 2.24) is 0 Å². The highest BCUT2D eigenvalue weighted by Gasteiger charge is 2.10. The molecular formula is C10H13NS. The maximum Gasteiger partial charge on any atom is 0.0755 e. The van der Waals surface area contributed by atoms with E-state index >= 15 is 0 Å². The topological polar surface area (TPSA) is 12.4 Å². The van der Waals surface area contributed by atoms with E-state index in [1.807, 2.05) is 26.0 Å². The summed E-state index contributed by atoms with van der Waals surface area (Å²) in [6, 6.07) is 0. The second-order valence-electron chi connectivity index (χ2n) is 2.67. The normalized spacial score (nSPS) is 18.9. The summed E-state index contributed by atoms with van der Waals surface area (Å²) in [7, 11) is 0. The maximum absolute atomic E-state index is 4.42. The molecule has 1 heterocycles. The number of thioether (sulfide) groups is 1. The highest BCUT2D eigenvalue weighted by atomic mass is 32.2. The molecule has 0 radical (unpaired) electrons. The number of allylic oxidation sites excluding steroid dienone is 3. The van der Waals surface area contributed by atoms with Crippen molar-refractivity contribution >= 4 is 16.8 Å². The van der Waals surface area contributed by atoms with Crippen molar-refractivity contribution in [2.45, 2.75) is 20.8 Å². The molecule has 0 fully saturated rings. The molecule has 0 bridgehead atoms. The molecule has 0 aliphatic carbocycles. The molecule has 1 aliphatic heterocycles. The van der Waals surface area contributed by atoms with Crippen LogP contribution in [0.2, 0.25) is 0 Å². The molecule has 0 N–H and O–H groups in total. The Hall–Kier alpha value is -0.760. The van der Waals surface area contributed by atoms with Gasteiger partial charge in [-0.2, -0.15) is 0 Å². The standard InChI is InChI=1S/C10H13NS/c1-5-6-10-7(2)8(3)12-9(4)11-10/h5-6H,3H2,1-2,4H3/b6-5-. The fourth-order valence-electron chi connectivity index (χ4n) is 0.994. The van der Waals surface area contributed by atoms with Crippen molar-refractivity contribution in [3.63, 3.8) is 0 Å². The Morgan fingerprint density at radius 2 is 2.08 bits per heavy atom. The summed E-state index contributed by atoms with van der Waals surface area (Å²) in [5.41, 5.74) is 2.22. The average Bonchev–Trinajstić information content (AvgIpc) is 2.00. The fraction of sp³-hybridized carbons (Fsp3) is 0.300. The summed E-state index contributed by atoms with van der Waals surface area (Å²) in [6.07, 6.45) is 4.02. The van der Waals surface area contributed by atoms with Crippen molar-refractivity contribution in [1.29, 1.82) is 0 Å². The molecule has 0 atom stereocenters. The van der Waals surface area contributed by atoms with Gasteiger partial charge >= 0.3 is 0 Å². The molecule has 64 valence electrons. The van der Waals surface area contributed by atoms with E-state index in [0.29, 0.717) is 0 Å². The van der Waals surface area contributed by atoms with E-state index in [9.17, 15) is 0 Å². The first kappa shape index (κ1) is 9.33. The molecule has 0 amide bonds. The lowest BCUT2D eigenvalue weighted by atomic mass is 10.2. The van der Waals surface area contributed by atoms with Gasteiger partial charge in [-0.25, -0.2) is 4.99 Å².